The first-order chi connectivity index (χ1) is 12.3. The maximum absolute atomic E-state index is 12.9. The Kier molecular flexibility index (Phi) is 3.43. The smallest absolute Gasteiger partial charge is 0.253 e. The number of likely N-dealkylation sites (tertiary alicyclic amines) is 1. The van der Waals surface area contributed by atoms with Crippen molar-refractivity contribution in [2.24, 2.45) is 11.3 Å². The molecule has 1 aliphatic heterocycles. The molecule has 1 atom stereocenters. The zero-order chi connectivity index (χ0) is 16.9. The lowest BCUT2D eigenvalue weighted by Gasteiger charge is -2.42. The van der Waals surface area contributed by atoms with Crippen LogP contribution >= 0.6 is 0 Å². The minimum absolute atomic E-state index is 0.155. The van der Waals surface area contributed by atoms with Crippen LogP contribution in [0.15, 0.2) is 36.7 Å². The lowest BCUT2D eigenvalue weighted by atomic mass is 9.62. The third-order valence-corrected chi connectivity index (χ3v) is 6.41. The molecule has 0 N–H and O–H groups in total. The fourth-order valence-electron chi connectivity index (χ4n) is 4.63. The van der Waals surface area contributed by atoms with E-state index in [2.05, 4.69) is 19.7 Å². The van der Waals surface area contributed by atoms with Crippen LogP contribution in [0.3, 0.4) is 0 Å². The minimum Gasteiger partial charge on any atom is -0.337 e. The van der Waals surface area contributed by atoms with Crippen LogP contribution in [-0.4, -0.2) is 38.7 Å². The van der Waals surface area contributed by atoms with Gasteiger partial charge >= 0.3 is 0 Å². The van der Waals surface area contributed by atoms with Gasteiger partial charge in [0.2, 0.25) is 0 Å². The normalized spacial score (nSPS) is 24.5. The number of hydrogen-bond acceptors (Lipinski definition) is 3. The molecule has 2 aromatic rings. The standard InChI is InChI=1S/C20H24N4O/c25-19(16-5-2-1-3-6-16)23-12-17(20(13-23)9-4-10-20)18-22-21-14-24(18)11-15-7-8-15/h1-3,5-6,14-15,17H,4,7-13H2. The first kappa shape index (κ1) is 15.1. The monoisotopic (exact) mass is 336 g/mol. The summed E-state index contributed by atoms with van der Waals surface area (Å²) in [6, 6.07) is 9.66. The maximum atomic E-state index is 12.9. The second kappa shape index (κ2) is 5.68. The van der Waals surface area contributed by atoms with Crippen molar-refractivity contribution in [1.82, 2.24) is 19.7 Å². The Balaban J connectivity index is 1.42. The van der Waals surface area contributed by atoms with E-state index < -0.39 is 0 Å². The van der Waals surface area contributed by atoms with E-state index in [4.69, 9.17) is 0 Å². The molecular formula is C20H24N4O. The molecule has 1 aromatic carbocycles. The van der Waals surface area contributed by atoms with Gasteiger partial charge < -0.3 is 9.47 Å². The van der Waals surface area contributed by atoms with Gasteiger partial charge in [0.05, 0.1) is 0 Å². The summed E-state index contributed by atoms with van der Waals surface area (Å²) in [5, 5.41) is 8.71. The molecule has 5 nitrogen and oxygen atoms in total. The average Bonchev–Trinajstić information content (AvgIpc) is 3.15. The van der Waals surface area contributed by atoms with E-state index in [9.17, 15) is 4.79 Å². The summed E-state index contributed by atoms with van der Waals surface area (Å²) in [7, 11) is 0. The van der Waals surface area contributed by atoms with Gasteiger partial charge in [0.25, 0.3) is 5.91 Å². The second-order valence-electron chi connectivity index (χ2n) is 8.11. The molecule has 1 aromatic heterocycles. The molecule has 2 saturated carbocycles. The fraction of sp³-hybridized carbons (Fsp3) is 0.550. The van der Waals surface area contributed by atoms with E-state index in [0.29, 0.717) is 5.92 Å². The number of nitrogens with zero attached hydrogens (tertiary/aromatic N) is 4. The second-order valence-corrected chi connectivity index (χ2v) is 8.11. The first-order valence-corrected chi connectivity index (χ1v) is 9.47. The van der Waals surface area contributed by atoms with Crippen LogP contribution in [-0.2, 0) is 6.54 Å². The summed E-state index contributed by atoms with van der Waals surface area (Å²) in [5.74, 6) is 2.39. The Hall–Kier alpha value is -2.17. The van der Waals surface area contributed by atoms with E-state index in [1.807, 2.05) is 36.7 Å². The minimum atomic E-state index is 0.155. The zero-order valence-corrected chi connectivity index (χ0v) is 14.5. The maximum Gasteiger partial charge on any atom is 0.253 e. The Morgan fingerprint density at radius 1 is 1.20 bits per heavy atom. The van der Waals surface area contributed by atoms with Crippen molar-refractivity contribution in [3.63, 3.8) is 0 Å². The van der Waals surface area contributed by atoms with E-state index >= 15 is 0 Å². The number of carbonyl (C=O) groups is 1. The van der Waals surface area contributed by atoms with Crippen molar-refractivity contribution in [3.8, 4) is 0 Å². The van der Waals surface area contributed by atoms with Crippen LogP contribution in [0.25, 0.3) is 0 Å². The van der Waals surface area contributed by atoms with Crippen LogP contribution in [0.4, 0.5) is 0 Å². The van der Waals surface area contributed by atoms with Crippen LogP contribution < -0.4 is 0 Å². The highest BCUT2D eigenvalue weighted by Crippen LogP contribution is 2.55. The van der Waals surface area contributed by atoms with Gasteiger partial charge in [-0.2, -0.15) is 0 Å². The molecule has 0 radical (unpaired) electrons. The van der Waals surface area contributed by atoms with Crippen molar-refractivity contribution >= 4 is 5.91 Å². The molecular weight excluding hydrogens is 312 g/mol. The van der Waals surface area contributed by atoms with E-state index in [-0.39, 0.29) is 11.3 Å². The number of hydrogen-bond donors (Lipinski definition) is 0. The Labute approximate surface area is 148 Å². The Morgan fingerprint density at radius 3 is 2.68 bits per heavy atom. The molecule has 2 heterocycles. The third kappa shape index (κ3) is 2.57. The fourth-order valence-corrected chi connectivity index (χ4v) is 4.63. The van der Waals surface area contributed by atoms with Crippen molar-refractivity contribution in [1.29, 1.82) is 0 Å². The van der Waals surface area contributed by atoms with Gasteiger partial charge in [-0.05, 0) is 49.1 Å². The van der Waals surface area contributed by atoms with Gasteiger partial charge in [0, 0.05) is 31.1 Å². The molecule has 1 saturated heterocycles. The van der Waals surface area contributed by atoms with Gasteiger partial charge in [0.15, 0.2) is 0 Å². The van der Waals surface area contributed by atoms with Crippen molar-refractivity contribution in [2.45, 2.75) is 44.6 Å². The summed E-state index contributed by atoms with van der Waals surface area (Å²) in [5.41, 5.74) is 1.01. The zero-order valence-electron chi connectivity index (χ0n) is 14.5. The van der Waals surface area contributed by atoms with Gasteiger partial charge in [-0.1, -0.05) is 24.6 Å². The number of benzene rings is 1. The molecule has 1 spiro atoms. The van der Waals surface area contributed by atoms with Gasteiger partial charge in [-0.15, -0.1) is 10.2 Å². The summed E-state index contributed by atoms with van der Waals surface area (Å²) in [6.45, 7) is 2.68. The van der Waals surface area contributed by atoms with Crippen molar-refractivity contribution in [3.05, 3.63) is 48.0 Å². The SMILES string of the molecule is O=C(c1ccccc1)N1CC(c2nncn2CC2CC2)C2(CCC2)C1. The topological polar surface area (TPSA) is 51.0 Å². The van der Waals surface area contributed by atoms with Crippen molar-refractivity contribution in [2.75, 3.05) is 13.1 Å². The molecule has 3 aliphatic rings. The summed E-state index contributed by atoms with van der Waals surface area (Å²) < 4.78 is 2.26. The molecule has 1 amide bonds. The highest BCUT2D eigenvalue weighted by molar-refractivity contribution is 5.94. The first-order valence-electron chi connectivity index (χ1n) is 9.47. The summed E-state index contributed by atoms with van der Waals surface area (Å²) in [4.78, 5) is 15.0. The van der Waals surface area contributed by atoms with Crippen LogP contribution in [0, 0.1) is 11.3 Å². The molecule has 5 heteroatoms. The number of amides is 1. The van der Waals surface area contributed by atoms with E-state index in [1.54, 1.807) is 0 Å². The average molecular weight is 336 g/mol. The van der Waals surface area contributed by atoms with Crippen LogP contribution in [0.5, 0.6) is 0 Å². The Morgan fingerprint density at radius 2 is 2.00 bits per heavy atom. The van der Waals surface area contributed by atoms with E-state index in [1.165, 1.54) is 32.1 Å². The molecule has 2 aliphatic carbocycles. The predicted molar refractivity (Wildman–Crippen MR) is 94.1 cm³/mol. The molecule has 5 rings (SSSR count). The van der Waals surface area contributed by atoms with Gasteiger partial charge in [0.1, 0.15) is 12.2 Å². The third-order valence-electron chi connectivity index (χ3n) is 6.41. The lowest BCUT2D eigenvalue weighted by molar-refractivity contribution is 0.0723. The molecule has 0 bridgehead atoms. The highest BCUT2D eigenvalue weighted by Gasteiger charge is 2.53. The van der Waals surface area contributed by atoms with Crippen LogP contribution in [0.1, 0.15) is 54.2 Å². The summed E-state index contributed by atoms with van der Waals surface area (Å²) >= 11 is 0. The largest absolute Gasteiger partial charge is 0.337 e. The molecule has 3 fully saturated rings. The quantitative estimate of drug-likeness (QED) is 0.862. The van der Waals surface area contributed by atoms with Crippen molar-refractivity contribution < 1.29 is 4.79 Å². The number of rotatable bonds is 4. The Bertz CT molecular complexity index is 776. The lowest BCUT2D eigenvalue weighted by Crippen LogP contribution is -2.38. The predicted octanol–water partition coefficient (Wildman–Crippen LogP) is 3.10. The van der Waals surface area contributed by atoms with Gasteiger partial charge in [-0.3, -0.25) is 4.79 Å². The molecule has 1 unspecified atom stereocenters. The van der Waals surface area contributed by atoms with Gasteiger partial charge in [-0.25, -0.2) is 0 Å². The highest BCUT2D eigenvalue weighted by atomic mass is 16.2. The number of aromatic nitrogens is 3. The summed E-state index contributed by atoms with van der Waals surface area (Å²) in [6.07, 6.45) is 8.21. The van der Waals surface area contributed by atoms with Crippen LogP contribution in [0.2, 0.25) is 0 Å². The number of carbonyl (C=O) groups excluding carboxylic acids is 1. The van der Waals surface area contributed by atoms with E-state index in [0.717, 1.165) is 36.9 Å². The molecule has 130 valence electrons. The molecule has 25 heavy (non-hydrogen) atoms.